The number of hydrogen-bond acceptors (Lipinski definition) is 7. The van der Waals surface area contributed by atoms with Crippen molar-refractivity contribution in [3.05, 3.63) is 53.9 Å². The van der Waals surface area contributed by atoms with Crippen molar-refractivity contribution in [2.45, 2.75) is 37.0 Å². The van der Waals surface area contributed by atoms with Crippen LogP contribution >= 0.6 is 0 Å². The zero-order valence-electron chi connectivity index (χ0n) is 18.8. The molecule has 33 heavy (non-hydrogen) atoms. The van der Waals surface area contributed by atoms with E-state index in [0.29, 0.717) is 38.3 Å². The second-order valence-corrected chi connectivity index (χ2v) is 10.3. The van der Waals surface area contributed by atoms with Gasteiger partial charge in [0.15, 0.2) is 0 Å². The molecule has 8 nitrogen and oxygen atoms in total. The van der Waals surface area contributed by atoms with Crippen LogP contribution in [0.3, 0.4) is 0 Å². The number of aryl methyl sites for hydroxylation is 1. The van der Waals surface area contributed by atoms with Gasteiger partial charge >= 0.3 is 5.97 Å². The van der Waals surface area contributed by atoms with Crippen LogP contribution in [0.5, 0.6) is 0 Å². The van der Waals surface area contributed by atoms with Gasteiger partial charge in [-0.15, -0.1) is 0 Å². The van der Waals surface area contributed by atoms with E-state index >= 15 is 0 Å². The molecule has 0 saturated carbocycles. The zero-order valence-corrected chi connectivity index (χ0v) is 19.6. The lowest BCUT2D eigenvalue weighted by atomic mass is 10.1. The minimum absolute atomic E-state index is 0.118. The van der Waals surface area contributed by atoms with Crippen molar-refractivity contribution in [3.63, 3.8) is 0 Å². The molecule has 2 saturated heterocycles. The van der Waals surface area contributed by atoms with Crippen molar-refractivity contribution in [1.82, 2.24) is 9.29 Å². The van der Waals surface area contributed by atoms with Crippen molar-refractivity contribution >= 4 is 21.7 Å². The number of anilines is 1. The molecule has 0 aliphatic carbocycles. The summed E-state index contributed by atoms with van der Waals surface area (Å²) in [7, 11) is -3.71. The molecule has 0 radical (unpaired) electrons. The quantitative estimate of drug-likeness (QED) is 0.430. The number of rotatable bonds is 8. The molecular formula is C24H31N3O5S. The van der Waals surface area contributed by atoms with Crippen molar-refractivity contribution < 1.29 is 22.7 Å². The first-order valence-corrected chi connectivity index (χ1v) is 13.0. The fourth-order valence-electron chi connectivity index (χ4n) is 4.25. The first-order chi connectivity index (χ1) is 16.1. The van der Waals surface area contributed by atoms with E-state index in [1.54, 1.807) is 24.5 Å². The van der Waals surface area contributed by atoms with E-state index in [2.05, 4.69) is 9.88 Å². The Labute approximate surface area is 195 Å². The number of morpholine rings is 1. The highest BCUT2D eigenvalue weighted by atomic mass is 32.2. The van der Waals surface area contributed by atoms with Crippen molar-refractivity contribution in [3.8, 4) is 0 Å². The molecule has 4 rings (SSSR count). The van der Waals surface area contributed by atoms with E-state index in [0.717, 1.165) is 50.0 Å². The van der Waals surface area contributed by atoms with Gasteiger partial charge in [-0.3, -0.25) is 4.98 Å². The van der Waals surface area contributed by atoms with Crippen LogP contribution in [0.4, 0.5) is 5.69 Å². The Morgan fingerprint density at radius 2 is 1.85 bits per heavy atom. The summed E-state index contributed by atoms with van der Waals surface area (Å²) in [5, 5.41) is 0. The SMILES string of the molecule is O=C(OCCCc1cccnc1)c1cc(S(=O)(=O)N2CCOCC2)ccc1N1CCCCC1. The molecule has 3 heterocycles. The van der Waals surface area contributed by atoms with Crippen molar-refractivity contribution in [1.29, 1.82) is 0 Å². The normalized spacial score (nSPS) is 17.6. The molecule has 1 aromatic heterocycles. The van der Waals surface area contributed by atoms with E-state index in [9.17, 15) is 13.2 Å². The Balaban J connectivity index is 1.52. The fraction of sp³-hybridized carbons (Fsp3) is 0.500. The number of hydrogen-bond donors (Lipinski definition) is 0. The van der Waals surface area contributed by atoms with Crippen LogP contribution in [0, 0.1) is 0 Å². The predicted molar refractivity (Wildman–Crippen MR) is 125 cm³/mol. The van der Waals surface area contributed by atoms with Crippen LogP contribution in [-0.4, -0.2) is 69.7 Å². The number of nitrogens with zero attached hydrogens (tertiary/aromatic N) is 3. The van der Waals surface area contributed by atoms with Crippen LogP contribution in [0.25, 0.3) is 0 Å². The maximum absolute atomic E-state index is 13.2. The molecule has 0 unspecified atom stereocenters. The van der Waals surface area contributed by atoms with E-state index in [4.69, 9.17) is 9.47 Å². The Hall–Kier alpha value is -2.49. The van der Waals surface area contributed by atoms with Crippen LogP contribution in [0.2, 0.25) is 0 Å². The Kier molecular flexibility index (Phi) is 7.95. The number of benzene rings is 1. The molecule has 2 fully saturated rings. The number of sulfonamides is 1. The van der Waals surface area contributed by atoms with Gasteiger partial charge in [0.1, 0.15) is 0 Å². The van der Waals surface area contributed by atoms with E-state index in [1.807, 2.05) is 12.1 Å². The van der Waals surface area contributed by atoms with Gasteiger partial charge in [-0.25, -0.2) is 13.2 Å². The summed E-state index contributed by atoms with van der Waals surface area (Å²) in [5.74, 6) is -0.485. The second kappa shape index (κ2) is 11.1. The van der Waals surface area contributed by atoms with Crippen LogP contribution in [-0.2, 0) is 25.9 Å². The van der Waals surface area contributed by atoms with Crippen LogP contribution < -0.4 is 4.90 Å². The molecular weight excluding hydrogens is 442 g/mol. The Morgan fingerprint density at radius 1 is 1.06 bits per heavy atom. The highest BCUT2D eigenvalue weighted by Crippen LogP contribution is 2.29. The van der Waals surface area contributed by atoms with Crippen molar-refractivity contribution in [2.75, 3.05) is 50.9 Å². The van der Waals surface area contributed by atoms with Gasteiger partial charge in [-0.05, 0) is 61.9 Å². The summed E-state index contributed by atoms with van der Waals surface area (Å²) < 4.78 is 38.6. The molecule has 0 spiro atoms. The van der Waals surface area contributed by atoms with Gasteiger partial charge in [-0.1, -0.05) is 6.07 Å². The monoisotopic (exact) mass is 473 g/mol. The maximum Gasteiger partial charge on any atom is 0.340 e. The summed E-state index contributed by atoms with van der Waals surface area (Å²) in [6.07, 6.45) is 8.21. The molecule has 1 aromatic carbocycles. The van der Waals surface area contributed by atoms with E-state index in [1.165, 1.54) is 10.4 Å². The fourth-order valence-corrected chi connectivity index (χ4v) is 5.69. The highest BCUT2D eigenvalue weighted by molar-refractivity contribution is 7.89. The van der Waals surface area contributed by atoms with Gasteiger partial charge in [0.25, 0.3) is 0 Å². The number of piperidine rings is 1. The Bertz CT molecular complexity index is 1030. The molecule has 2 aliphatic rings. The minimum atomic E-state index is -3.71. The molecule has 0 bridgehead atoms. The third kappa shape index (κ3) is 5.90. The summed E-state index contributed by atoms with van der Waals surface area (Å²) in [5.41, 5.74) is 2.14. The third-order valence-corrected chi connectivity index (χ3v) is 7.95. The molecule has 9 heteroatoms. The van der Waals surface area contributed by atoms with Gasteiger partial charge in [0.05, 0.1) is 36.0 Å². The minimum Gasteiger partial charge on any atom is -0.462 e. The van der Waals surface area contributed by atoms with Crippen molar-refractivity contribution in [2.24, 2.45) is 0 Å². The topological polar surface area (TPSA) is 89.0 Å². The first-order valence-electron chi connectivity index (χ1n) is 11.6. The van der Waals surface area contributed by atoms with Gasteiger partial charge in [0.2, 0.25) is 10.0 Å². The third-order valence-electron chi connectivity index (χ3n) is 6.06. The van der Waals surface area contributed by atoms with Gasteiger partial charge < -0.3 is 14.4 Å². The molecule has 178 valence electrons. The molecule has 0 atom stereocenters. The smallest absolute Gasteiger partial charge is 0.340 e. The lowest BCUT2D eigenvalue weighted by Gasteiger charge is -2.31. The molecule has 2 aliphatic heterocycles. The summed E-state index contributed by atoms with van der Waals surface area (Å²) in [6.45, 7) is 3.31. The predicted octanol–water partition coefficient (Wildman–Crippen LogP) is 2.88. The lowest BCUT2D eigenvalue weighted by molar-refractivity contribution is 0.0501. The summed E-state index contributed by atoms with van der Waals surface area (Å²) in [4.78, 5) is 19.5. The maximum atomic E-state index is 13.2. The van der Waals surface area contributed by atoms with Crippen LogP contribution in [0.15, 0.2) is 47.6 Å². The van der Waals surface area contributed by atoms with Crippen LogP contribution in [0.1, 0.15) is 41.6 Å². The molecule has 2 aromatic rings. The van der Waals surface area contributed by atoms with E-state index in [-0.39, 0.29) is 11.5 Å². The number of carbonyl (C=O) groups excluding carboxylic acids is 1. The number of esters is 1. The summed E-state index contributed by atoms with van der Waals surface area (Å²) in [6, 6.07) is 8.72. The zero-order chi connectivity index (χ0) is 23.1. The van der Waals surface area contributed by atoms with E-state index < -0.39 is 16.0 Å². The average molecular weight is 474 g/mol. The molecule has 0 amide bonds. The lowest BCUT2D eigenvalue weighted by Crippen LogP contribution is -2.40. The highest BCUT2D eigenvalue weighted by Gasteiger charge is 2.29. The number of ether oxygens (including phenoxy) is 2. The largest absolute Gasteiger partial charge is 0.462 e. The number of aromatic nitrogens is 1. The van der Waals surface area contributed by atoms with Gasteiger partial charge in [0, 0.05) is 38.6 Å². The standard InChI is InChI=1S/C24H31N3O5S/c28-24(32-15-5-7-20-6-4-10-25-19-20)22-18-21(33(29,30)27-13-16-31-17-14-27)8-9-23(22)26-11-2-1-3-12-26/h4,6,8-10,18-19H,1-3,5,7,11-17H2. The first kappa shape index (κ1) is 23.7. The Morgan fingerprint density at radius 3 is 2.58 bits per heavy atom. The van der Waals surface area contributed by atoms with Gasteiger partial charge in [-0.2, -0.15) is 4.31 Å². The average Bonchev–Trinajstić information content (AvgIpc) is 2.88. The number of carbonyl (C=O) groups is 1. The number of pyridine rings is 1. The summed E-state index contributed by atoms with van der Waals surface area (Å²) >= 11 is 0. The molecule has 0 N–H and O–H groups in total. The second-order valence-electron chi connectivity index (χ2n) is 8.34.